The van der Waals surface area contributed by atoms with Crippen LogP contribution in [-0.4, -0.2) is 103 Å². The van der Waals surface area contributed by atoms with E-state index in [1.54, 1.807) is 13.0 Å². The molecule has 0 bridgehead atoms. The van der Waals surface area contributed by atoms with E-state index < -0.39 is 60.9 Å². The van der Waals surface area contributed by atoms with Crippen LogP contribution in [0.15, 0.2) is 11.6 Å². The molecule has 1 saturated heterocycles. The number of cyclic esters (lactones) is 1. The van der Waals surface area contributed by atoms with Gasteiger partial charge in [-0.1, -0.05) is 71.1 Å². The Balaban J connectivity index is 1.54. The summed E-state index contributed by atoms with van der Waals surface area (Å²) in [5.74, 6) is -0.418. The summed E-state index contributed by atoms with van der Waals surface area (Å²) in [6.07, 6.45) is 9.08. The SMILES string of the molecule is CCCCCCCCCCCC[C@@H](O)[C@H](O)CC[C@H](O)C[C@@H](O)C[C@H](O)[C@@H]1CC[C@H]([C@H](O)CC[C@@H](O)CC2=C[C@H](C)OC2=O)O1. The Morgan fingerprint density at radius 1 is 0.667 bits per heavy atom. The number of ether oxygens (including phenoxy) is 2. The van der Waals surface area contributed by atoms with Crippen LogP contribution >= 0.6 is 0 Å². The van der Waals surface area contributed by atoms with Gasteiger partial charge in [-0.2, -0.15) is 0 Å². The van der Waals surface area contributed by atoms with Gasteiger partial charge in [-0.25, -0.2) is 4.79 Å². The van der Waals surface area contributed by atoms with E-state index in [9.17, 15) is 40.5 Å². The summed E-state index contributed by atoms with van der Waals surface area (Å²) in [5.41, 5.74) is 0.446. The molecule has 2 aliphatic rings. The second kappa shape index (κ2) is 22.5. The normalized spacial score (nSPS) is 25.0. The van der Waals surface area contributed by atoms with Crippen LogP contribution in [0.4, 0.5) is 0 Å². The molecule has 0 aromatic heterocycles. The summed E-state index contributed by atoms with van der Waals surface area (Å²) in [6, 6.07) is 0. The van der Waals surface area contributed by atoms with Crippen LogP contribution in [0, 0.1) is 0 Å². The van der Waals surface area contributed by atoms with Crippen LogP contribution in [0.2, 0.25) is 0 Å². The van der Waals surface area contributed by atoms with E-state index in [1.165, 1.54) is 44.9 Å². The van der Waals surface area contributed by atoms with Gasteiger partial charge in [-0.05, 0) is 64.4 Å². The number of aliphatic hydroxyl groups is 7. The highest BCUT2D eigenvalue weighted by molar-refractivity contribution is 5.90. The molecule has 0 unspecified atom stereocenters. The fourth-order valence-electron chi connectivity index (χ4n) is 6.49. The zero-order chi connectivity index (χ0) is 33.2. The van der Waals surface area contributed by atoms with Gasteiger partial charge in [0.05, 0.1) is 54.9 Å². The molecule has 0 aromatic rings. The average Bonchev–Trinajstić information content (AvgIpc) is 3.61. The molecule has 0 spiro atoms. The van der Waals surface area contributed by atoms with Gasteiger partial charge >= 0.3 is 5.97 Å². The lowest BCUT2D eigenvalue weighted by molar-refractivity contribution is -0.139. The Kier molecular flexibility index (Phi) is 20.0. The first-order chi connectivity index (χ1) is 21.5. The van der Waals surface area contributed by atoms with Gasteiger partial charge in [0, 0.05) is 18.4 Å². The minimum Gasteiger partial charge on any atom is -0.455 e. The highest BCUT2D eigenvalue weighted by atomic mass is 16.5. The van der Waals surface area contributed by atoms with Crippen molar-refractivity contribution in [2.45, 2.75) is 203 Å². The Morgan fingerprint density at radius 2 is 1.22 bits per heavy atom. The highest BCUT2D eigenvalue weighted by Crippen LogP contribution is 2.29. The fraction of sp³-hybridized carbons (Fsp3) is 0.914. The van der Waals surface area contributed by atoms with Gasteiger partial charge in [0.2, 0.25) is 0 Å². The van der Waals surface area contributed by atoms with Crippen molar-refractivity contribution in [3.63, 3.8) is 0 Å². The second-order valence-corrected chi connectivity index (χ2v) is 13.6. The number of esters is 1. The molecule has 10 nitrogen and oxygen atoms in total. The lowest BCUT2D eigenvalue weighted by Gasteiger charge is -2.25. The van der Waals surface area contributed by atoms with Crippen molar-refractivity contribution in [1.29, 1.82) is 0 Å². The highest BCUT2D eigenvalue weighted by Gasteiger charge is 2.36. The standard InChI is InChI=1S/C35H64O10/c1-3-4-5-6-7-8-9-10-11-12-13-29(39)30(40)16-14-27(37)22-28(38)23-32(42)34-19-18-33(45-34)31(41)17-15-26(36)21-25-20-24(2)44-35(25)43/h20,24,26-34,36-42H,3-19,21-23H2,1-2H3/t24-,26+,27-,28+,29+,30+,31+,32-,33+,34-/m0/s1. The lowest BCUT2D eigenvalue weighted by atomic mass is 9.96. The van der Waals surface area contributed by atoms with Crippen molar-refractivity contribution in [3.8, 4) is 0 Å². The van der Waals surface area contributed by atoms with E-state index in [2.05, 4.69) is 6.92 Å². The Bertz CT molecular complexity index is 822. The Morgan fingerprint density at radius 3 is 1.82 bits per heavy atom. The second-order valence-electron chi connectivity index (χ2n) is 13.6. The van der Waals surface area contributed by atoms with Crippen molar-refractivity contribution in [3.05, 3.63) is 11.6 Å². The van der Waals surface area contributed by atoms with Gasteiger partial charge in [-0.15, -0.1) is 0 Å². The van der Waals surface area contributed by atoms with Crippen LogP contribution in [0.3, 0.4) is 0 Å². The molecule has 10 atom stereocenters. The third-order valence-electron chi connectivity index (χ3n) is 9.34. The first kappa shape index (κ1) is 40.1. The molecule has 45 heavy (non-hydrogen) atoms. The van der Waals surface area contributed by atoms with Crippen molar-refractivity contribution < 1.29 is 50.0 Å². The molecule has 1 fully saturated rings. The van der Waals surface area contributed by atoms with E-state index in [0.717, 1.165) is 19.3 Å². The lowest BCUT2D eigenvalue weighted by Crippen LogP contribution is -2.34. The van der Waals surface area contributed by atoms with Crippen LogP contribution in [-0.2, 0) is 14.3 Å². The molecule has 0 amide bonds. The number of hydrogen-bond donors (Lipinski definition) is 7. The summed E-state index contributed by atoms with van der Waals surface area (Å²) in [4.78, 5) is 11.7. The van der Waals surface area contributed by atoms with Crippen molar-refractivity contribution in [2.24, 2.45) is 0 Å². The first-order valence-electron chi connectivity index (χ1n) is 17.8. The fourth-order valence-corrected chi connectivity index (χ4v) is 6.49. The largest absolute Gasteiger partial charge is 0.455 e. The molecule has 2 aliphatic heterocycles. The van der Waals surface area contributed by atoms with Crippen molar-refractivity contribution in [1.82, 2.24) is 0 Å². The Hall–Kier alpha value is -1.11. The summed E-state index contributed by atoms with van der Waals surface area (Å²) < 4.78 is 10.9. The third kappa shape index (κ3) is 16.5. The molecule has 7 N–H and O–H groups in total. The zero-order valence-corrected chi connectivity index (χ0v) is 27.8. The minimum atomic E-state index is -0.967. The molecule has 2 heterocycles. The van der Waals surface area contributed by atoms with Gasteiger partial charge in [0.15, 0.2) is 0 Å². The monoisotopic (exact) mass is 644 g/mol. The van der Waals surface area contributed by atoms with Crippen LogP contribution < -0.4 is 0 Å². The van der Waals surface area contributed by atoms with E-state index >= 15 is 0 Å². The molecular weight excluding hydrogens is 580 g/mol. The predicted octanol–water partition coefficient (Wildman–Crippen LogP) is 3.97. The van der Waals surface area contributed by atoms with E-state index in [0.29, 0.717) is 24.8 Å². The first-order valence-corrected chi connectivity index (χ1v) is 17.8. The van der Waals surface area contributed by atoms with Crippen LogP contribution in [0.1, 0.15) is 142 Å². The maximum absolute atomic E-state index is 11.7. The number of aliphatic hydroxyl groups excluding tert-OH is 7. The Labute approximate surface area is 270 Å². The zero-order valence-electron chi connectivity index (χ0n) is 27.8. The predicted molar refractivity (Wildman–Crippen MR) is 172 cm³/mol. The molecular formula is C35H64O10. The van der Waals surface area contributed by atoms with Crippen LogP contribution in [0.5, 0.6) is 0 Å². The molecule has 264 valence electrons. The summed E-state index contributed by atoms with van der Waals surface area (Å²) in [6.45, 7) is 3.98. The summed E-state index contributed by atoms with van der Waals surface area (Å²) >= 11 is 0. The minimum absolute atomic E-state index is 0.0107. The van der Waals surface area contributed by atoms with E-state index in [4.69, 9.17) is 9.47 Å². The van der Waals surface area contributed by atoms with Gasteiger partial charge < -0.3 is 45.2 Å². The van der Waals surface area contributed by atoms with E-state index in [1.807, 2.05) is 0 Å². The van der Waals surface area contributed by atoms with Gasteiger partial charge in [0.25, 0.3) is 0 Å². The average molecular weight is 645 g/mol. The molecule has 0 saturated carbocycles. The molecule has 2 rings (SSSR count). The number of rotatable bonds is 26. The third-order valence-corrected chi connectivity index (χ3v) is 9.34. The summed E-state index contributed by atoms with van der Waals surface area (Å²) in [7, 11) is 0. The molecule has 10 heteroatoms. The van der Waals surface area contributed by atoms with Crippen molar-refractivity contribution >= 4 is 5.97 Å². The van der Waals surface area contributed by atoms with Crippen molar-refractivity contribution in [2.75, 3.05) is 0 Å². The van der Waals surface area contributed by atoms with Crippen LogP contribution in [0.25, 0.3) is 0 Å². The van der Waals surface area contributed by atoms with Gasteiger partial charge in [0.1, 0.15) is 6.10 Å². The van der Waals surface area contributed by atoms with E-state index in [-0.39, 0.29) is 51.0 Å². The maximum Gasteiger partial charge on any atom is 0.334 e. The summed E-state index contributed by atoms with van der Waals surface area (Å²) in [5, 5.41) is 72.9. The molecule has 0 radical (unpaired) electrons. The quantitative estimate of drug-likeness (QED) is 0.0539. The number of carbonyl (C=O) groups is 1. The molecule has 0 aromatic carbocycles. The number of hydrogen-bond acceptors (Lipinski definition) is 10. The smallest absolute Gasteiger partial charge is 0.334 e. The topological polar surface area (TPSA) is 177 Å². The maximum atomic E-state index is 11.7. The number of unbranched alkanes of at least 4 members (excludes halogenated alkanes) is 9. The van der Waals surface area contributed by atoms with Gasteiger partial charge in [-0.3, -0.25) is 0 Å². The molecule has 0 aliphatic carbocycles. The number of carbonyl (C=O) groups excluding carboxylic acids is 1.